The molecule has 17 nitrogen and oxygen atoms in total. The van der Waals surface area contributed by atoms with Crippen molar-refractivity contribution >= 4 is 30.1 Å². The van der Waals surface area contributed by atoms with Crippen LogP contribution in [0.4, 0.5) is 14.4 Å². The van der Waals surface area contributed by atoms with Crippen molar-refractivity contribution in [3.63, 3.8) is 0 Å². The fraction of sp³-hybridized carbons (Fsp3) is 0.390. The second-order valence-electron chi connectivity index (χ2n) is 14.4. The minimum Gasteiger partial charge on any atom is -0.465 e. The smallest absolute Gasteiger partial charge is 0.407 e. The maximum absolute atomic E-state index is 13.5. The fourth-order valence-corrected chi connectivity index (χ4v) is 7.11. The average molecular weight is 794 g/mol. The summed E-state index contributed by atoms with van der Waals surface area (Å²) in [6, 6.07) is 12.8. The van der Waals surface area contributed by atoms with Gasteiger partial charge in [-0.05, 0) is 61.1 Å². The highest BCUT2D eigenvalue weighted by Crippen LogP contribution is 2.33. The second-order valence-corrected chi connectivity index (χ2v) is 14.4. The number of rotatable bonds is 9. The van der Waals surface area contributed by atoms with Crippen molar-refractivity contribution in [3.8, 4) is 34.4 Å². The number of ether oxygens (including phenoxy) is 2. The Morgan fingerprint density at radius 1 is 0.741 bits per heavy atom. The van der Waals surface area contributed by atoms with Gasteiger partial charge >= 0.3 is 18.3 Å². The van der Waals surface area contributed by atoms with Crippen LogP contribution in [0.3, 0.4) is 0 Å². The number of piperazine rings is 1. The molecule has 2 aromatic carbocycles. The molecule has 0 radical (unpaired) electrons. The number of carbonyl (C=O) groups is 5. The van der Waals surface area contributed by atoms with Gasteiger partial charge < -0.3 is 49.9 Å². The Morgan fingerprint density at radius 2 is 1.26 bits per heavy atom. The molecular weight excluding hydrogens is 747 g/mol. The van der Waals surface area contributed by atoms with Crippen molar-refractivity contribution < 1.29 is 38.6 Å². The van der Waals surface area contributed by atoms with Gasteiger partial charge in [-0.2, -0.15) is 0 Å². The van der Waals surface area contributed by atoms with Gasteiger partial charge in [-0.25, -0.2) is 24.4 Å². The normalized spacial score (nSPS) is 17.5. The summed E-state index contributed by atoms with van der Waals surface area (Å²) in [5.41, 5.74) is 4.83. The first kappa shape index (κ1) is 40.8. The molecule has 17 heteroatoms. The van der Waals surface area contributed by atoms with Gasteiger partial charge in [0.1, 0.15) is 29.8 Å². The van der Waals surface area contributed by atoms with E-state index in [1.807, 2.05) is 62.4 Å². The van der Waals surface area contributed by atoms with Crippen molar-refractivity contribution in [3.05, 3.63) is 83.7 Å². The van der Waals surface area contributed by atoms with E-state index >= 15 is 0 Å². The number of H-pyrrole nitrogens is 2. The van der Waals surface area contributed by atoms with Gasteiger partial charge in [0.15, 0.2) is 0 Å². The Morgan fingerprint density at radius 3 is 1.78 bits per heavy atom. The van der Waals surface area contributed by atoms with Crippen LogP contribution in [0.2, 0.25) is 0 Å². The van der Waals surface area contributed by atoms with E-state index in [0.717, 1.165) is 40.8 Å². The number of hydrogen-bond acceptors (Lipinski definition) is 9. The fourth-order valence-electron chi connectivity index (χ4n) is 7.11. The molecule has 4 atom stereocenters. The van der Waals surface area contributed by atoms with Crippen molar-refractivity contribution in [1.82, 2.24) is 45.3 Å². The monoisotopic (exact) mass is 793 g/mol. The molecule has 2 aliphatic heterocycles. The topological polar surface area (TPSA) is 215 Å². The van der Waals surface area contributed by atoms with E-state index < -0.39 is 36.4 Å². The molecule has 5 N–H and O–H groups in total. The summed E-state index contributed by atoms with van der Waals surface area (Å²) in [5.74, 6) is 6.83. The molecule has 58 heavy (non-hydrogen) atoms. The Kier molecular flexibility index (Phi) is 12.6. The van der Waals surface area contributed by atoms with E-state index in [9.17, 15) is 29.1 Å². The summed E-state index contributed by atoms with van der Waals surface area (Å²) in [4.78, 5) is 82.6. The number of aromatic nitrogens is 4. The first-order valence-corrected chi connectivity index (χ1v) is 19.0. The highest BCUT2D eigenvalue weighted by atomic mass is 16.5. The van der Waals surface area contributed by atoms with E-state index in [0.29, 0.717) is 23.9 Å². The molecule has 0 spiro atoms. The summed E-state index contributed by atoms with van der Waals surface area (Å²) < 4.78 is 9.36. The summed E-state index contributed by atoms with van der Waals surface area (Å²) in [7, 11) is 2.48. The quantitative estimate of drug-likeness (QED) is 0.149. The van der Waals surface area contributed by atoms with Crippen LogP contribution in [0, 0.1) is 17.8 Å². The van der Waals surface area contributed by atoms with Crippen LogP contribution in [0.15, 0.2) is 60.9 Å². The highest BCUT2D eigenvalue weighted by Gasteiger charge is 2.39. The van der Waals surface area contributed by atoms with Crippen LogP contribution in [-0.4, -0.2) is 122 Å². The number of nitrogens with one attached hydrogen (secondary N) is 4. The lowest BCUT2D eigenvalue weighted by atomic mass is 10.0. The summed E-state index contributed by atoms with van der Waals surface area (Å²) >= 11 is 0. The number of carboxylic acid groups (broad SMARTS) is 1. The van der Waals surface area contributed by atoms with E-state index in [-0.39, 0.29) is 43.4 Å². The number of hydrogen-bond donors (Lipinski definition) is 5. The molecule has 304 valence electrons. The predicted octanol–water partition coefficient (Wildman–Crippen LogP) is 4.52. The number of carbonyl (C=O) groups excluding carboxylic acids is 4. The van der Waals surface area contributed by atoms with Crippen LogP contribution in [0.25, 0.3) is 22.5 Å². The number of nitrogens with zero attached hydrogens (tertiary/aromatic N) is 5. The number of aromatic amines is 2. The molecule has 0 saturated carbocycles. The van der Waals surface area contributed by atoms with Gasteiger partial charge in [-0.3, -0.25) is 9.59 Å². The van der Waals surface area contributed by atoms with Crippen LogP contribution in [0.1, 0.15) is 68.5 Å². The minimum absolute atomic E-state index is 0.0106. The first-order valence-electron chi connectivity index (χ1n) is 19.0. The molecular formula is C41H47N9O8. The zero-order valence-electron chi connectivity index (χ0n) is 32.9. The summed E-state index contributed by atoms with van der Waals surface area (Å²) in [6.07, 6.45) is 2.49. The maximum Gasteiger partial charge on any atom is 0.407 e. The third kappa shape index (κ3) is 9.23. The summed E-state index contributed by atoms with van der Waals surface area (Å²) in [6.45, 7) is 6.14. The number of benzene rings is 2. The third-order valence-electron chi connectivity index (χ3n) is 10.3. The van der Waals surface area contributed by atoms with E-state index in [2.05, 4.69) is 47.1 Å². The van der Waals surface area contributed by atoms with Crippen LogP contribution in [0.5, 0.6) is 0 Å². The Labute approximate surface area is 335 Å². The standard InChI is InChI=1S/C41H47N9O8/c1-24(2)34(47-40(54)58-5)38(52)49-18-6-7-32(49)35-42-21-30(45-35)28-14-10-26(11-15-28)8-9-27-12-16-29(17-13-27)31-22-43-36(46-31)33-23-48(41(55)56)19-20-50(33)37(51)25(3)44-39(53)57-4/h10-17,21-22,24-25,32-34H,6-7,18-20,23H2,1-5H3,(H,42,45)(H,43,46)(H,44,53)(H,47,54)(H,55,56). The molecule has 5 amide bonds. The highest BCUT2D eigenvalue weighted by molar-refractivity contribution is 5.87. The summed E-state index contributed by atoms with van der Waals surface area (Å²) in [5, 5.41) is 14.8. The van der Waals surface area contributed by atoms with Crippen molar-refractivity contribution in [2.24, 2.45) is 5.92 Å². The van der Waals surface area contributed by atoms with Crippen LogP contribution >= 0.6 is 0 Å². The van der Waals surface area contributed by atoms with E-state index in [1.165, 1.54) is 24.0 Å². The van der Waals surface area contributed by atoms with Crippen molar-refractivity contribution in [1.29, 1.82) is 0 Å². The van der Waals surface area contributed by atoms with Gasteiger partial charge in [-0.1, -0.05) is 50.0 Å². The average Bonchev–Trinajstić information content (AvgIpc) is 4.03. The van der Waals surface area contributed by atoms with Gasteiger partial charge in [0.2, 0.25) is 11.8 Å². The third-order valence-corrected chi connectivity index (χ3v) is 10.3. The number of methoxy groups -OCH3 is 2. The van der Waals surface area contributed by atoms with E-state index in [4.69, 9.17) is 4.74 Å². The Bertz CT molecular complexity index is 2190. The zero-order chi connectivity index (χ0) is 41.5. The first-order chi connectivity index (χ1) is 27.9. The minimum atomic E-state index is -1.10. The largest absolute Gasteiger partial charge is 0.465 e. The second kappa shape index (κ2) is 18.0. The van der Waals surface area contributed by atoms with Gasteiger partial charge in [-0.15, -0.1) is 0 Å². The number of alkyl carbamates (subject to hydrolysis) is 2. The van der Waals surface area contributed by atoms with Crippen LogP contribution < -0.4 is 10.6 Å². The van der Waals surface area contributed by atoms with Gasteiger partial charge in [0.05, 0.1) is 50.6 Å². The van der Waals surface area contributed by atoms with Crippen molar-refractivity contribution in [2.75, 3.05) is 40.4 Å². The molecule has 4 unspecified atom stereocenters. The maximum atomic E-state index is 13.5. The molecule has 0 bridgehead atoms. The predicted molar refractivity (Wildman–Crippen MR) is 211 cm³/mol. The number of amides is 5. The van der Waals surface area contributed by atoms with Gasteiger partial charge in [0.25, 0.3) is 0 Å². The lowest BCUT2D eigenvalue weighted by Gasteiger charge is -2.40. The Balaban J connectivity index is 1.10. The molecule has 2 fully saturated rings. The molecule has 2 aromatic heterocycles. The molecule has 2 aliphatic rings. The lowest BCUT2D eigenvalue weighted by Crippen LogP contribution is -2.56. The molecule has 6 rings (SSSR count). The van der Waals surface area contributed by atoms with Gasteiger partial charge in [0, 0.05) is 30.8 Å². The number of imidazole rings is 2. The zero-order valence-corrected chi connectivity index (χ0v) is 32.9. The molecule has 4 heterocycles. The van der Waals surface area contributed by atoms with E-state index in [1.54, 1.807) is 24.2 Å². The Hall–Kier alpha value is -6.83. The SMILES string of the molecule is COC(=O)NC(C)C(=O)N1CCN(C(=O)O)CC1c1ncc(-c2ccc(C#Cc3ccc(-c4cnc(C5CCCN5C(=O)C(NC(=O)OC)C(C)C)[nH]4)cc3)cc2)[nH]1. The molecule has 2 saturated heterocycles. The molecule has 0 aliphatic carbocycles. The lowest BCUT2D eigenvalue weighted by molar-refractivity contribution is -0.138. The molecule has 4 aromatic rings. The van der Waals surface area contributed by atoms with Crippen molar-refractivity contribution in [2.45, 2.75) is 57.8 Å². The number of likely N-dealkylation sites (tertiary alicyclic amines) is 1. The van der Waals surface area contributed by atoms with Crippen LogP contribution in [-0.2, 0) is 19.1 Å².